The van der Waals surface area contributed by atoms with Crippen molar-refractivity contribution in [2.45, 2.75) is 58.5 Å². The van der Waals surface area contributed by atoms with E-state index in [1.165, 1.54) is 25.8 Å². The molecule has 1 aliphatic rings. The second-order valence-electron chi connectivity index (χ2n) is 3.97. The van der Waals surface area contributed by atoms with E-state index in [0.717, 1.165) is 6.04 Å². The molecule has 0 amide bonds. The molecule has 0 aromatic carbocycles. The van der Waals surface area contributed by atoms with E-state index in [1.807, 2.05) is 0 Å². The molecule has 0 N–H and O–H groups in total. The molecular formula is C10H21N. The highest BCUT2D eigenvalue weighted by atomic mass is 15.3. The summed E-state index contributed by atoms with van der Waals surface area (Å²) in [6.45, 7) is 10.6. The topological polar surface area (TPSA) is 3.24 Å². The zero-order chi connectivity index (χ0) is 8.48. The number of rotatable bonds is 3. The van der Waals surface area contributed by atoms with Crippen molar-refractivity contribution in [1.82, 2.24) is 4.90 Å². The fraction of sp³-hybridized carbons (Fsp3) is 1.00. The lowest BCUT2D eigenvalue weighted by atomic mass is 9.79. The molecule has 1 rings (SSSR count). The molecule has 1 heteroatoms. The van der Waals surface area contributed by atoms with Crippen molar-refractivity contribution in [3.63, 3.8) is 0 Å². The maximum absolute atomic E-state index is 2.65. The molecule has 11 heavy (non-hydrogen) atoms. The van der Waals surface area contributed by atoms with Crippen LogP contribution >= 0.6 is 0 Å². The van der Waals surface area contributed by atoms with Crippen LogP contribution in [0.4, 0.5) is 0 Å². The minimum Gasteiger partial charge on any atom is -0.295 e. The van der Waals surface area contributed by atoms with Gasteiger partial charge in [0.2, 0.25) is 0 Å². The minimum atomic E-state index is 0.578. The second kappa shape index (κ2) is 3.14. The van der Waals surface area contributed by atoms with Gasteiger partial charge in [-0.2, -0.15) is 0 Å². The lowest BCUT2D eigenvalue weighted by Gasteiger charge is -2.55. The van der Waals surface area contributed by atoms with E-state index in [0.29, 0.717) is 5.54 Å². The highest BCUT2D eigenvalue weighted by Gasteiger charge is 2.42. The van der Waals surface area contributed by atoms with Gasteiger partial charge in [-0.15, -0.1) is 0 Å². The Kier molecular flexibility index (Phi) is 2.58. The van der Waals surface area contributed by atoms with E-state index in [9.17, 15) is 0 Å². The predicted molar refractivity (Wildman–Crippen MR) is 49.8 cm³/mol. The molecule has 0 aromatic heterocycles. The molecule has 0 aliphatic carbocycles. The van der Waals surface area contributed by atoms with Crippen LogP contribution in [0.2, 0.25) is 0 Å². The van der Waals surface area contributed by atoms with E-state index in [4.69, 9.17) is 0 Å². The summed E-state index contributed by atoms with van der Waals surface area (Å²) >= 11 is 0. The first-order chi connectivity index (χ1) is 5.16. The number of likely N-dealkylation sites (tertiary alicyclic amines) is 1. The van der Waals surface area contributed by atoms with Crippen LogP contribution in [0.1, 0.15) is 47.0 Å². The molecule has 0 unspecified atom stereocenters. The van der Waals surface area contributed by atoms with Gasteiger partial charge in [0.25, 0.3) is 0 Å². The smallest absolute Gasteiger partial charge is 0.0219 e. The fourth-order valence-electron chi connectivity index (χ4n) is 2.37. The third-order valence-corrected chi connectivity index (χ3v) is 3.37. The van der Waals surface area contributed by atoms with Crippen LogP contribution in [0, 0.1) is 0 Å². The molecule has 1 aliphatic heterocycles. The van der Waals surface area contributed by atoms with Crippen LogP contribution in [0.3, 0.4) is 0 Å². The van der Waals surface area contributed by atoms with E-state index in [2.05, 4.69) is 32.6 Å². The monoisotopic (exact) mass is 155 g/mol. The molecule has 1 heterocycles. The Bertz CT molecular complexity index is 119. The second-order valence-corrected chi connectivity index (χ2v) is 3.97. The lowest BCUT2D eigenvalue weighted by molar-refractivity contribution is -0.0455. The summed E-state index contributed by atoms with van der Waals surface area (Å²) in [5.74, 6) is 0. The van der Waals surface area contributed by atoms with Gasteiger partial charge in [-0.3, -0.25) is 4.90 Å². The highest BCUT2D eigenvalue weighted by molar-refractivity contribution is 4.98. The molecule has 1 saturated heterocycles. The number of nitrogens with zero attached hydrogens (tertiary/aromatic N) is 1. The third-order valence-electron chi connectivity index (χ3n) is 3.37. The van der Waals surface area contributed by atoms with Crippen LogP contribution in [-0.2, 0) is 0 Å². The van der Waals surface area contributed by atoms with Gasteiger partial charge in [0.05, 0.1) is 0 Å². The molecular weight excluding hydrogens is 134 g/mol. The summed E-state index contributed by atoms with van der Waals surface area (Å²) in [6.07, 6.45) is 4.06. The zero-order valence-corrected chi connectivity index (χ0v) is 8.35. The van der Waals surface area contributed by atoms with E-state index in [-0.39, 0.29) is 0 Å². The quantitative estimate of drug-likeness (QED) is 0.605. The van der Waals surface area contributed by atoms with Crippen molar-refractivity contribution < 1.29 is 0 Å². The SMILES string of the molecule is CCC1(CC)CCN1C(C)C. The lowest BCUT2D eigenvalue weighted by Crippen LogP contribution is -2.61. The molecule has 1 nitrogen and oxygen atoms in total. The van der Waals surface area contributed by atoms with Gasteiger partial charge in [0.15, 0.2) is 0 Å². The third kappa shape index (κ3) is 1.31. The van der Waals surface area contributed by atoms with Gasteiger partial charge in [-0.25, -0.2) is 0 Å². The van der Waals surface area contributed by atoms with Gasteiger partial charge >= 0.3 is 0 Å². The van der Waals surface area contributed by atoms with Crippen molar-refractivity contribution in [2.75, 3.05) is 6.54 Å². The van der Waals surface area contributed by atoms with E-state index < -0.39 is 0 Å². The van der Waals surface area contributed by atoms with Crippen molar-refractivity contribution in [3.8, 4) is 0 Å². The van der Waals surface area contributed by atoms with Gasteiger partial charge in [-0.1, -0.05) is 13.8 Å². The Balaban J connectivity index is 2.56. The molecule has 1 fully saturated rings. The van der Waals surface area contributed by atoms with Crippen LogP contribution < -0.4 is 0 Å². The largest absolute Gasteiger partial charge is 0.295 e. The summed E-state index contributed by atoms with van der Waals surface area (Å²) in [5, 5.41) is 0. The van der Waals surface area contributed by atoms with Gasteiger partial charge in [0.1, 0.15) is 0 Å². The van der Waals surface area contributed by atoms with Gasteiger partial charge in [-0.05, 0) is 33.1 Å². The summed E-state index contributed by atoms with van der Waals surface area (Å²) < 4.78 is 0. The Morgan fingerprint density at radius 3 is 1.91 bits per heavy atom. The van der Waals surface area contributed by atoms with Crippen molar-refractivity contribution in [3.05, 3.63) is 0 Å². The number of hydrogen-bond donors (Lipinski definition) is 0. The molecule has 66 valence electrons. The average Bonchev–Trinajstić information content (AvgIpc) is 1.87. The van der Waals surface area contributed by atoms with Crippen LogP contribution in [0.15, 0.2) is 0 Å². The summed E-state index contributed by atoms with van der Waals surface area (Å²) in [6, 6.07) is 0.739. The fourth-order valence-corrected chi connectivity index (χ4v) is 2.37. The standard InChI is InChI=1S/C10H21N/c1-5-10(6-2)7-8-11(10)9(3)4/h9H,5-8H2,1-4H3. The van der Waals surface area contributed by atoms with Crippen LogP contribution in [0.25, 0.3) is 0 Å². The maximum atomic E-state index is 2.65. The maximum Gasteiger partial charge on any atom is 0.0219 e. The van der Waals surface area contributed by atoms with Crippen LogP contribution in [0.5, 0.6) is 0 Å². The van der Waals surface area contributed by atoms with E-state index in [1.54, 1.807) is 0 Å². The summed E-state index contributed by atoms with van der Waals surface area (Å²) in [5.41, 5.74) is 0.578. The Labute approximate surface area is 70.8 Å². The Morgan fingerprint density at radius 2 is 1.82 bits per heavy atom. The zero-order valence-electron chi connectivity index (χ0n) is 8.35. The number of hydrogen-bond acceptors (Lipinski definition) is 1. The minimum absolute atomic E-state index is 0.578. The molecule has 0 spiro atoms. The first-order valence-electron chi connectivity index (χ1n) is 4.93. The van der Waals surface area contributed by atoms with Crippen molar-refractivity contribution >= 4 is 0 Å². The Morgan fingerprint density at radius 1 is 1.27 bits per heavy atom. The van der Waals surface area contributed by atoms with Gasteiger partial charge in [0, 0.05) is 18.1 Å². The van der Waals surface area contributed by atoms with E-state index >= 15 is 0 Å². The Hall–Kier alpha value is -0.0400. The van der Waals surface area contributed by atoms with Gasteiger partial charge < -0.3 is 0 Å². The molecule has 0 bridgehead atoms. The van der Waals surface area contributed by atoms with Crippen molar-refractivity contribution in [1.29, 1.82) is 0 Å². The molecule has 0 aromatic rings. The first kappa shape index (κ1) is 9.05. The van der Waals surface area contributed by atoms with Crippen LogP contribution in [-0.4, -0.2) is 23.0 Å². The molecule has 0 atom stereocenters. The summed E-state index contributed by atoms with van der Waals surface area (Å²) in [4.78, 5) is 2.65. The highest BCUT2D eigenvalue weighted by Crippen LogP contribution is 2.38. The predicted octanol–water partition coefficient (Wildman–Crippen LogP) is 2.66. The van der Waals surface area contributed by atoms with Crippen molar-refractivity contribution in [2.24, 2.45) is 0 Å². The average molecular weight is 155 g/mol. The normalized spacial score (nSPS) is 23.7. The first-order valence-corrected chi connectivity index (χ1v) is 4.93. The summed E-state index contributed by atoms with van der Waals surface area (Å²) in [7, 11) is 0. The molecule has 0 radical (unpaired) electrons. The molecule has 0 saturated carbocycles.